The average molecular weight is 262 g/mol. The van der Waals surface area contributed by atoms with Gasteiger partial charge in [0.15, 0.2) is 0 Å². The molecule has 0 saturated carbocycles. The zero-order chi connectivity index (χ0) is 13.0. The molecule has 0 aliphatic heterocycles. The largest absolute Gasteiger partial charge is 0.306 e. The molecule has 1 N–H and O–H groups in total. The second-order valence-electron chi connectivity index (χ2n) is 4.14. The highest BCUT2D eigenvalue weighted by Crippen LogP contribution is 2.22. The summed E-state index contributed by atoms with van der Waals surface area (Å²) in [6, 6.07) is 8.07. The molecular formula is C14H16ClN3. The Bertz CT molecular complexity index is 533. The third-order valence-electron chi connectivity index (χ3n) is 2.83. The van der Waals surface area contributed by atoms with Crippen molar-refractivity contribution >= 4 is 17.8 Å². The highest BCUT2D eigenvalue weighted by atomic mass is 35.5. The number of aromatic nitrogens is 2. The second-order valence-corrected chi connectivity index (χ2v) is 4.54. The minimum absolute atomic E-state index is 0.200. The van der Waals surface area contributed by atoms with Gasteiger partial charge in [0.1, 0.15) is 0 Å². The molecule has 0 amide bonds. The number of hydrogen-bond donors (Lipinski definition) is 1. The quantitative estimate of drug-likeness (QED) is 0.893. The van der Waals surface area contributed by atoms with E-state index in [-0.39, 0.29) is 6.04 Å². The zero-order valence-electron chi connectivity index (χ0n) is 10.3. The molecule has 18 heavy (non-hydrogen) atoms. The maximum Gasteiger partial charge on any atom is 0.0538 e. The number of benzene rings is 1. The van der Waals surface area contributed by atoms with Crippen LogP contribution in [0, 0.1) is 0 Å². The Morgan fingerprint density at radius 2 is 2.28 bits per heavy atom. The minimum Gasteiger partial charge on any atom is -0.306 e. The predicted octanol–water partition coefficient (Wildman–Crippen LogP) is 3.49. The van der Waals surface area contributed by atoms with Crippen molar-refractivity contribution in [1.82, 2.24) is 15.1 Å². The number of nitrogens with zero attached hydrogens (tertiary/aromatic N) is 2. The monoisotopic (exact) mass is 261 g/mol. The molecule has 1 aromatic heterocycles. The Hall–Kier alpha value is -1.58. The molecular weight excluding hydrogens is 246 g/mol. The summed E-state index contributed by atoms with van der Waals surface area (Å²) in [7, 11) is 0. The van der Waals surface area contributed by atoms with Gasteiger partial charge in [-0.1, -0.05) is 36.4 Å². The normalized spacial score (nSPS) is 12.3. The van der Waals surface area contributed by atoms with Gasteiger partial charge >= 0.3 is 0 Å². The fourth-order valence-electron chi connectivity index (χ4n) is 1.78. The molecule has 0 fully saturated rings. The highest BCUT2D eigenvalue weighted by Gasteiger charge is 2.08. The summed E-state index contributed by atoms with van der Waals surface area (Å²) in [5, 5.41) is 8.35. The van der Waals surface area contributed by atoms with Gasteiger partial charge < -0.3 is 5.32 Å². The van der Waals surface area contributed by atoms with E-state index in [1.807, 2.05) is 36.7 Å². The SMILES string of the molecule is C=Cn1cc(CN[C@@H](C)c2ccccc2Cl)cn1. The summed E-state index contributed by atoms with van der Waals surface area (Å²) >= 11 is 6.16. The maximum atomic E-state index is 6.16. The number of halogens is 1. The van der Waals surface area contributed by atoms with Crippen LogP contribution in [0.3, 0.4) is 0 Å². The van der Waals surface area contributed by atoms with Gasteiger partial charge in [-0.3, -0.25) is 0 Å². The molecule has 1 atom stereocenters. The molecule has 4 heteroatoms. The first-order valence-corrected chi connectivity index (χ1v) is 6.22. The van der Waals surface area contributed by atoms with Gasteiger partial charge in [-0.15, -0.1) is 0 Å². The van der Waals surface area contributed by atoms with E-state index in [9.17, 15) is 0 Å². The van der Waals surface area contributed by atoms with E-state index in [1.54, 1.807) is 10.9 Å². The van der Waals surface area contributed by atoms with Crippen LogP contribution in [0.4, 0.5) is 0 Å². The van der Waals surface area contributed by atoms with Crippen LogP contribution in [0.5, 0.6) is 0 Å². The molecule has 0 aliphatic carbocycles. The molecule has 0 spiro atoms. The summed E-state index contributed by atoms with van der Waals surface area (Å²) in [6.07, 6.45) is 5.44. The van der Waals surface area contributed by atoms with Crippen molar-refractivity contribution in [3.63, 3.8) is 0 Å². The van der Waals surface area contributed by atoms with Crippen molar-refractivity contribution in [1.29, 1.82) is 0 Å². The van der Waals surface area contributed by atoms with E-state index in [1.165, 1.54) is 0 Å². The zero-order valence-corrected chi connectivity index (χ0v) is 11.1. The van der Waals surface area contributed by atoms with Crippen molar-refractivity contribution in [2.75, 3.05) is 0 Å². The Labute approximate surface area is 112 Å². The van der Waals surface area contributed by atoms with E-state index < -0.39 is 0 Å². The molecule has 3 nitrogen and oxygen atoms in total. The van der Waals surface area contributed by atoms with E-state index in [0.717, 1.165) is 22.7 Å². The molecule has 0 unspecified atom stereocenters. The molecule has 94 valence electrons. The third-order valence-corrected chi connectivity index (χ3v) is 3.17. The molecule has 0 aliphatic rings. The van der Waals surface area contributed by atoms with Gasteiger partial charge in [-0.05, 0) is 18.6 Å². The van der Waals surface area contributed by atoms with Crippen LogP contribution < -0.4 is 5.32 Å². The smallest absolute Gasteiger partial charge is 0.0538 e. The lowest BCUT2D eigenvalue weighted by atomic mass is 10.1. The second kappa shape index (κ2) is 5.85. The molecule has 0 bridgehead atoms. The fourth-order valence-corrected chi connectivity index (χ4v) is 2.08. The van der Waals surface area contributed by atoms with Crippen LogP contribution in [0.1, 0.15) is 24.1 Å². The van der Waals surface area contributed by atoms with Crippen molar-refractivity contribution in [2.45, 2.75) is 19.5 Å². The van der Waals surface area contributed by atoms with E-state index in [2.05, 4.69) is 23.9 Å². The average Bonchev–Trinajstić information content (AvgIpc) is 2.84. The first-order valence-electron chi connectivity index (χ1n) is 5.84. The standard InChI is InChI=1S/C14H16ClN3/c1-3-18-10-12(9-17-18)8-16-11(2)13-6-4-5-7-14(13)15/h3-7,9-11,16H,1,8H2,2H3/t11-/m0/s1. The van der Waals surface area contributed by atoms with Crippen LogP contribution in [0.2, 0.25) is 5.02 Å². The summed E-state index contributed by atoms with van der Waals surface area (Å²) in [5.41, 5.74) is 2.23. The number of rotatable bonds is 5. The third kappa shape index (κ3) is 3.00. The molecule has 2 rings (SSSR count). The Morgan fingerprint density at radius 3 is 2.94 bits per heavy atom. The van der Waals surface area contributed by atoms with Gasteiger partial charge in [0.05, 0.1) is 6.20 Å². The first kappa shape index (κ1) is 12.9. The lowest BCUT2D eigenvalue weighted by molar-refractivity contribution is 0.575. The van der Waals surface area contributed by atoms with Crippen LogP contribution in [-0.2, 0) is 6.54 Å². The van der Waals surface area contributed by atoms with Crippen molar-refractivity contribution in [2.24, 2.45) is 0 Å². The Balaban J connectivity index is 1.98. The van der Waals surface area contributed by atoms with E-state index in [0.29, 0.717) is 0 Å². The van der Waals surface area contributed by atoms with Crippen LogP contribution in [0.25, 0.3) is 6.20 Å². The van der Waals surface area contributed by atoms with Crippen molar-refractivity contribution in [3.05, 3.63) is 59.4 Å². The minimum atomic E-state index is 0.200. The van der Waals surface area contributed by atoms with E-state index >= 15 is 0 Å². The van der Waals surface area contributed by atoms with Gasteiger partial charge in [-0.25, -0.2) is 4.68 Å². The molecule has 0 saturated heterocycles. The maximum absolute atomic E-state index is 6.16. The molecule has 1 aromatic carbocycles. The Morgan fingerprint density at radius 1 is 1.50 bits per heavy atom. The molecule has 0 radical (unpaired) electrons. The lowest BCUT2D eigenvalue weighted by Crippen LogP contribution is -2.18. The summed E-state index contributed by atoms with van der Waals surface area (Å²) in [5.74, 6) is 0. The topological polar surface area (TPSA) is 29.9 Å². The van der Waals surface area contributed by atoms with Crippen LogP contribution in [-0.4, -0.2) is 9.78 Å². The highest BCUT2D eigenvalue weighted by molar-refractivity contribution is 6.31. The molecule has 2 aromatic rings. The van der Waals surface area contributed by atoms with Crippen LogP contribution >= 0.6 is 11.6 Å². The number of nitrogens with one attached hydrogen (secondary N) is 1. The van der Waals surface area contributed by atoms with Gasteiger partial charge in [0, 0.05) is 35.6 Å². The number of hydrogen-bond acceptors (Lipinski definition) is 2. The lowest BCUT2D eigenvalue weighted by Gasteiger charge is -2.14. The van der Waals surface area contributed by atoms with Crippen LogP contribution in [0.15, 0.2) is 43.2 Å². The van der Waals surface area contributed by atoms with Gasteiger partial charge in [0.25, 0.3) is 0 Å². The van der Waals surface area contributed by atoms with Gasteiger partial charge in [0.2, 0.25) is 0 Å². The summed E-state index contributed by atoms with van der Waals surface area (Å²) < 4.78 is 1.69. The van der Waals surface area contributed by atoms with Crippen molar-refractivity contribution in [3.8, 4) is 0 Å². The summed E-state index contributed by atoms with van der Waals surface area (Å²) in [6.45, 7) is 6.51. The summed E-state index contributed by atoms with van der Waals surface area (Å²) in [4.78, 5) is 0. The fraction of sp³-hybridized carbons (Fsp3) is 0.214. The van der Waals surface area contributed by atoms with Crippen molar-refractivity contribution < 1.29 is 0 Å². The van der Waals surface area contributed by atoms with Gasteiger partial charge in [-0.2, -0.15) is 5.10 Å². The predicted molar refractivity (Wildman–Crippen MR) is 75.3 cm³/mol. The Kier molecular flexibility index (Phi) is 4.18. The first-order chi connectivity index (χ1) is 8.70. The van der Waals surface area contributed by atoms with E-state index in [4.69, 9.17) is 11.6 Å². The molecule has 1 heterocycles.